The molecule has 0 bridgehead atoms. The molecule has 0 saturated heterocycles. The Morgan fingerprint density at radius 1 is 1.12 bits per heavy atom. The molecular formula is C22H25NO3. The minimum Gasteiger partial charge on any atom is -0.465 e. The van der Waals surface area contributed by atoms with Gasteiger partial charge in [0.15, 0.2) is 5.78 Å². The molecule has 2 atom stereocenters. The molecule has 0 N–H and O–H groups in total. The molecule has 0 radical (unpaired) electrons. The highest BCUT2D eigenvalue weighted by Crippen LogP contribution is 2.26. The van der Waals surface area contributed by atoms with Crippen LogP contribution < -0.4 is 0 Å². The van der Waals surface area contributed by atoms with Crippen LogP contribution in [0.25, 0.3) is 0 Å². The molecule has 1 heterocycles. The summed E-state index contributed by atoms with van der Waals surface area (Å²) in [7, 11) is 3.39. The van der Waals surface area contributed by atoms with Crippen molar-refractivity contribution in [3.8, 4) is 0 Å². The zero-order valence-corrected chi connectivity index (χ0v) is 15.6. The third-order valence-corrected chi connectivity index (χ3v) is 5.26. The molecule has 3 rings (SSSR count). The van der Waals surface area contributed by atoms with Gasteiger partial charge in [-0.3, -0.25) is 9.69 Å². The molecule has 2 aromatic carbocycles. The van der Waals surface area contributed by atoms with Crippen molar-refractivity contribution in [2.45, 2.75) is 38.3 Å². The number of methoxy groups -OCH3 is 1. The number of ketones is 1. The van der Waals surface area contributed by atoms with E-state index in [-0.39, 0.29) is 23.7 Å². The number of hydrogen-bond donors (Lipinski definition) is 0. The number of likely N-dealkylation sites (N-methyl/N-ethyl adjacent to an activating group) is 1. The summed E-state index contributed by atoms with van der Waals surface area (Å²) >= 11 is 0. The summed E-state index contributed by atoms with van der Waals surface area (Å²) in [5, 5.41) is 0. The van der Waals surface area contributed by atoms with Crippen molar-refractivity contribution in [3.63, 3.8) is 0 Å². The second-order valence-electron chi connectivity index (χ2n) is 7.09. The largest absolute Gasteiger partial charge is 0.465 e. The third-order valence-electron chi connectivity index (χ3n) is 5.26. The van der Waals surface area contributed by atoms with Gasteiger partial charge in [0.1, 0.15) is 0 Å². The average Bonchev–Trinajstić information content (AvgIpc) is 2.66. The van der Waals surface area contributed by atoms with Crippen molar-refractivity contribution in [1.29, 1.82) is 0 Å². The van der Waals surface area contributed by atoms with Gasteiger partial charge in [0, 0.05) is 13.0 Å². The van der Waals surface area contributed by atoms with Crippen molar-refractivity contribution in [1.82, 2.24) is 4.90 Å². The van der Waals surface area contributed by atoms with E-state index in [0.717, 1.165) is 18.5 Å². The highest BCUT2D eigenvalue weighted by atomic mass is 16.5. The number of carbonyl (C=O) groups is 2. The van der Waals surface area contributed by atoms with Crippen LogP contribution in [0.3, 0.4) is 0 Å². The van der Waals surface area contributed by atoms with Crippen molar-refractivity contribution in [2.24, 2.45) is 0 Å². The summed E-state index contributed by atoms with van der Waals surface area (Å²) in [6.07, 6.45) is 1.27. The van der Waals surface area contributed by atoms with Crippen molar-refractivity contribution in [2.75, 3.05) is 14.2 Å². The first-order chi connectivity index (χ1) is 12.5. The quantitative estimate of drug-likeness (QED) is 0.773. The van der Waals surface area contributed by atoms with Gasteiger partial charge in [0.25, 0.3) is 0 Å². The number of Topliss-reactive ketones (excluding diaryl/α,β-unsaturated/α-hetero) is 1. The Morgan fingerprint density at radius 3 is 2.42 bits per heavy atom. The maximum Gasteiger partial charge on any atom is 0.337 e. The Morgan fingerprint density at radius 2 is 1.77 bits per heavy atom. The molecule has 4 nitrogen and oxygen atoms in total. The van der Waals surface area contributed by atoms with E-state index in [1.165, 1.54) is 18.2 Å². The summed E-state index contributed by atoms with van der Waals surface area (Å²) in [4.78, 5) is 26.6. The van der Waals surface area contributed by atoms with Crippen molar-refractivity contribution in [3.05, 3.63) is 70.8 Å². The fourth-order valence-electron chi connectivity index (χ4n) is 3.63. The molecule has 2 aromatic rings. The number of benzene rings is 2. The van der Waals surface area contributed by atoms with Gasteiger partial charge in [-0.25, -0.2) is 4.79 Å². The topological polar surface area (TPSA) is 46.6 Å². The molecule has 2 unspecified atom stereocenters. The van der Waals surface area contributed by atoms with Gasteiger partial charge in [-0.05, 0) is 48.2 Å². The molecule has 1 aliphatic heterocycles. The lowest BCUT2D eigenvalue weighted by atomic mass is 9.87. The highest BCUT2D eigenvalue weighted by molar-refractivity contribution is 5.89. The first kappa shape index (κ1) is 18.3. The van der Waals surface area contributed by atoms with Crippen LogP contribution >= 0.6 is 0 Å². The molecule has 26 heavy (non-hydrogen) atoms. The number of ether oxygens (including phenoxy) is 1. The maximum absolute atomic E-state index is 12.9. The van der Waals surface area contributed by atoms with Crippen LogP contribution in [0.1, 0.15) is 46.3 Å². The number of rotatable bonds is 5. The van der Waals surface area contributed by atoms with Crippen LogP contribution in [0, 0.1) is 0 Å². The fraction of sp³-hybridized carbons (Fsp3) is 0.364. The average molecular weight is 351 g/mol. The van der Waals surface area contributed by atoms with Crippen LogP contribution in [0.4, 0.5) is 0 Å². The van der Waals surface area contributed by atoms with Crippen molar-refractivity contribution >= 4 is 11.8 Å². The fourth-order valence-corrected chi connectivity index (χ4v) is 3.63. The summed E-state index contributed by atoms with van der Waals surface area (Å²) in [6, 6.07) is 15.6. The summed E-state index contributed by atoms with van der Waals surface area (Å²) in [6.45, 7) is 2.87. The lowest BCUT2D eigenvalue weighted by Crippen LogP contribution is -2.43. The Labute approximate surface area is 154 Å². The molecule has 0 spiro atoms. The van der Waals surface area contributed by atoms with Crippen LogP contribution in [-0.2, 0) is 22.5 Å². The third kappa shape index (κ3) is 3.86. The molecule has 0 aromatic heterocycles. The maximum atomic E-state index is 12.9. The van der Waals surface area contributed by atoms with E-state index in [2.05, 4.69) is 30.0 Å². The zero-order chi connectivity index (χ0) is 18.7. The normalized spacial score (nSPS) is 18.0. The van der Waals surface area contributed by atoms with Gasteiger partial charge in [0.05, 0.1) is 18.7 Å². The second-order valence-corrected chi connectivity index (χ2v) is 7.09. The Bertz CT molecular complexity index is 797. The van der Waals surface area contributed by atoms with E-state index in [1.807, 2.05) is 25.2 Å². The first-order valence-corrected chi connectivity index (χ1v) is 8.97. The van der Waals surface area contributed by atoms with Crippen LogP contribution in [0.15, 0.2) is 48.5 Å². The monoisotopic (exact) mass is 351 g/mol. The van der Waals surface area contributed by atoms with E-state index in [1.54, 1.807) is 12.1 Å². The Hall–Kier alpha value is -2.46. The molecule has 4 heteroatoms. The number of carbonyl (C=O) groups excluding carboxylic acids is 2. The number of esters is 1. The second kappa shape index (κ2) is 7.83. The van der Waals surface area contributed by atoms with Gasteiger partial charge in [0.2, 0.25) is 0 Å². The zero-order valence-electron chi connectivity index (χ0n) is 15.6. The van der Waals surface area contributed by atoms with E-state index in [0.29, 0.717) is 12.0 Å². The predicted octanol–water partition coefficient (Wildman–Crippen LogP) is 3.59. The minimum absolute atomic E-state index is 0.0679. The summed E-state index contributed by atoms with van der Waals surface area (Å²) < 4.78 is 4.72. The minimum atomic E-state index is -0.345. The standard InChI is InChI=1S/C22H25NO3/c1-15(16-8-10-17(11-9-16)22(25)26-3)12-21(24)20-13-18-6-4-5-7-19(18)14-23(20)2/h4-11,15,20H,12-14H2,1-3H3. The van der Waals surface area contributed by atoms with Gasteiger partial charge < -0.3 is 4.74 Å². The van der Waals surface area contributed by atoms with Gasteiger partial charge in [-0.15, -0.1) is 0 Å². The molecule has 0 amide bonds. The van der Waals surface area contributed by atoms with Crippen LogP contribution in [-0.4, -0.2) is 36.9 Å². The molecule has 0 saturated carbocycles. The molecular weight excluding hydrogens is 326 g/mol. The smallest absolute Gasteiger partial charge is 0.337 e. The molecule has 136 valence electrons. The SMILES string of the molecule is COC(=O)c1ccc(C(C)CC(=O)C2Cc3ccccc3CN2C)cc1. The lowest BCUT2D eigenvalue weighted by Gasteiger charge is -2.33. The van der Waals surface area contributed by atoms with Crippen LogP contribution in [0.5, 0.6) is 0 Å². The number of nitrogens with zero attached hydrogens (tertiary/aromatic N) is 1. The Kier molecular flexibility index (Phi) is 5.52. The Balaban J connectivity index is 1.67. The molecule has 0 fully saturated rings. The lowest BCUT2D eigenvalue weighted by molar-refractivity contribution is -0.124. The van der Waals surface area contributed by atoms with Gasteiger partial charge >= 0.3 is 5.97 Å². The van der Waals surface area contributed by atoms with Gasteiger partial charge in [-0.2, -0.15) is 0 Å². The molecule has 0 aliphatic carbocycles. The first-order valence-electron chi connectivity index (χ1n) is 8.97. The highest BCUT2D eigenvalue weighted by Gasteiger charge is 2.29. The van der Waals surface area contributed by atoms with E-state index in [4.69, 9.17) is 4.74 Å². The number of fused-ring (bicyclic) bond motifs is 1. The summed E-state index contributed by atoms with van der Waals surface area (Å²) in [5.41, 5.74) is 4.17. The van der Waals surface area contributed by atoms with Crippen molar-refractivity contribution < 1.29 is 14.3 Å². The van der Waals surface area contributed by atoms with Gasteiger partial charge in [-0.1, -0.05) is 43.3 Å². The number of hydrogen-bond acceptors (Lipinski definition) is 4. The molecule has 1 aliphatic rings. The van der Waals surface area contributed by atoms with E-state index in [9.17, 15) is 9.59 Å². The summed E-state index contributed by atoms with van der Waals surface area (Å²) in [5.74, 6) is 0.0362. The van der Waals surface area contributed by atoms with Crippen LogP contribution in [0.2, 0.25) is 0 Å². The van der Waals surface area contributed by atoms with E-state index < -0.39 is 0 Å². The predicted molar refractivity (Wildman–Crippen MR) is 101 cm³/mol. The van der Waals surface area contributed by atoms with E-state index >= 15 is 0 Å².